The SMILES string of the molecule is CNc1cc(-c2cccc(C3CCC3)c2)nc(C2CC2)n1. The number of benzene rings is 1. The van der Waals surface area contributed by atoms with E-state index in [9.17, 15) is 0 Å². The van der Waals surface area contributed by atoms with Gasteiger partial charge in [-0.2, -0.15) is 0 Å². The fourth-order valence-corrected chi connectivity index (χ4v) is 2.96. The second kappa shape index (κ2) is 5.14. The predicted molar refractivity (Wildman–Crippen MR) is 85.6 cm³/mol. The van der Waals surface area contributed by atoms with Gasteiger partial charge in [0, 0.05) is 24.6 Å². The number of aromatic nitrogens is 2. The maximum atomic E-state index is 4.81. The average Bonchev–Trinajstić information content (AvgIpc) is 3.30. The van der Waals surface area contributed by atoms with Crippen LogP contribution in [0.15, 0.2) is 30.3 Å². The second-order valence-corrected chi connectivity index (χ2v) is 6.27. The van der Waals surface area contributed by atoms with Gasteiger partial charge in [-0.15, -0.1) is 0 Å². The monoisotopic (exact) mass is 279 g/mol. The first kappa shape index (κ1) is 12.8. The van der Waals surface area contributed by atoms with Crippen molar-refractivity contribution >= 4 is 5.82 Å². The van der Waals surface area contributed by atoms with Crippen LogP contribution in [0.25, 0.3) is 11.3 Å². The lowest BCUT2D eigenvalue weighted by molar-refractivity contribution is 0.420. The molecule has 1 aromatic heterocycles. The molecule has 0 saturated heterocycles. The molecule has 3 nitrogen and oxygen atoms in total. The van der Waals surface area contributed by atoms with Gasteiger partial charge in [-0.1, -0.05) is 24.6 Å². The number of hydrogen-bond donors (Lipinski definition) is 1. The van der Waals surface area contributed by atoms with E-state index in [1.165, 1.54) is 43.2 Å². The number of hydrogen-bond acceptors (Lipinski definition) is 3. The summed E-state index contributed by atoms with van der Waals surface area (Å²) in [6.07, 6.45) is 6.51. The first-order valence-electron chi connectivity index (χ1n) is 8.00. The minimum atomic E-state index is 0.576. The van der Waals surface area contributed by atoms with E-state index >= 15 is 0 Å². The van der Waals surface area contributed by atoms with Crippen LogP contribution in [0.2, 0.25) is 0 Å². The Morgan fingerprint density at radius 2 is 1.86 bits per heavy atom. The molecule has 2 saturated carbocycles. The lowest BCUT2D eigenvalue weighted by Crippen LogP contribution is -2.08. The van der Waals surface area contributed by atoms with Crippen LogP contribution in [-0.4, -0.2) is 17.0 Å². The third-order valence-electron chi connectivity index (χ3n) is 4.70. The van der Waals surface area contributed by atoms with Gasteiger partial charge >= 0.3 is 0 Å². The first-order chi connectivity index (χ1) is 10.3. The van der Waals surface area contributed by atoms with Crippen LogP contribution >= 0.6 is 0 Å². The summed E-state index contributed by atoms with van der Waals surface area (Å²) in [5.74, 6) is 3.27. The van der Waals surface area contributed by atoms with Gasteiger partial charge in [-0.3, -0.25) is 0 Å². The van der Waals surface area contributed by atoms with Crippen LogP contribution < -0.4 is 5.32 Å². The summed E-state index contributed by atoms with van der Waals surface area (Å²) in [5, 5.41) is 3.17. The van der Waals surface area contributed by atoms with Crippen molar-refractivity contribution in [3.05, 3.63) is 41.7 Å². The molecular formula is C18H21N3. The predicted octanol–water partition coefficient (Wildman–Crippen LogP) is 4.33. The van der Waals surface area contributed by atoms with Crippen molar-refractivity contribution in [1.82, 2.24) is 9.97 Å². The molecule has 0 spiro atoms. The zero-order valence-corrected chi connectivity index (χ0v) is 12.5. The minimum Gasteiger partial charge on any atom is -0.373 e. The molecule has 2 fully saturated rings. The largest absolute Gasteiger partial charge is 0.373 e. The second-order valence-electron chi connectivity index (χ2n) is 6.27. The Morgan fingerprint density at radius 3 is 2.52 bits per heavy atom. The van der Waals surface area contributed by atoms with Gasteiger partial charge < -0.3 is 5.32 Å². The summed E-state index contributed by atoms with van der Waals surface area (Å²) < 4.78 is 0. The highest BCUT2D eigenvalue weighted by molar-refractivity contribution is 5.63. The van der Waals surface area contributed by atoms with Gasteiger partial charge in [0.25, 0.3) is 0 Å². The van der Waals surface area contributed by atoms with Gasteiger partial charge in [0.05, 0.1) is 5.69 Å². The Hall–Kier alpha value is -1.90. The number of nitrogens with one attached hydrogen (secondary N) is 1. The molecule has 0 aliphatic heterocycles. The Labute approximate surface area is 125 Å². The van der Waals surface area contributed by atoms with E-state index in [1.807, 2.05) is 7.05 Å². The average molecular weight is 279 g/mol. The van der Waals surface area contributed by atoms with Gasteiger partial charge in [0.1, 0.15) is 11.6 Å². The fraction of sp³-hybridized carbons (Fsp3) is 0.444. The summed E-state index contributed by atoms with van der Waals surface area (Å²) >= 11 is 0. The van der Waals surface area contributed by atoms with E-state index in [1.54, 1.807) is 0 Å². The van der Waals surface area contributed by atoms with Crippen LogP contribution in [0.3, 0.4) is 0 Å². The standard InChI is InChI=1S/C18H21N3/c1-19-17-11-16(20-18(21-17)13-8-9-13)15-7-3-6-14(10-15)12-4-2-5-12/h3,6-7,10-13H,2,4-5,8-9H2,1H3,(H,19,20,21). The maximum Gasteiger partial charge on any atom is 0.134 e. The molecule has 0 atom stereocenters. The Kier molecular flexibility index (Phi) is 3.13. The van der Waals surface area contributed by atoms with E-state index in [0.717, 1.165) is 23.3 Å². The maximum absolute atomic E-state index is 4.81. The minimum absolute atomic E-state index is 0.576. The third-order valence-corrected chi connectivity index (χ3v) is 4.70. The van der Waals surface area contributed by atoms with Gasteiger partial charge in [-0.05, 0) is 43.2 Å². The summed E-state index contributed by atoms with van der Waals surface area (Å²) in [7, 11) is 1.92. The third kappa shape index (κ3) is 2.53. The van der Waals surface area contributed by atoms with Gasteiger partial charge in [-0.25, -0.2) is 9.97 Å². The summed E-state index contributed by atoms with van der Waals surface area (Å²) in [6.45, 7) is 0. The molecule has 0 unspecified atom stereocenters. The molecule has 21 heavy (non-hydrogen) atoms. The van der Waals surface area contributed by atoms with Crippen molar-refractivity contribution in [3.8, 4) is 11.3 Å². The highest BCUT2D eigenvalue weighted by Crippen LogP contribution is 2.40. The fourth-order valence-electron chi connectivity index (χ4n) is 2.96. The molecular weight excluding hydrogens is 258 g/mol. The lowest BCUT2D eigenvalue weighted by atomic mass is 9.79. The van der Waals surface area contributed by atoms with Crippen molar-refractivity contribution in [2.24, 2.45) is 0 Å². The zero-order chi connectivity index (χ0) is 14.2. The molecule has 3 heteroatoms. The molecule has 2 aliphatic rings. The number of anilines is 1. The molecule has 2 aromatic rings. The highest BCUT2D eigenvalue weighted by atomic mass is 15.0. The van der Waals surface area contributed by atoms with E-state index in [-0.39, 0.29) is 0 Å². The zero-order valence-electron chi connectivity index (χ0n) is 12.5. The molecule has 0 radical (unpaired) electrons. The smallest absolute Gasteiger partial charge is 0.134 e. The molecule has 108 valence electrons. The molecule has 2 aliphatic carbocycles. The molecule has 1 aromatic carbocycles. The van der Waals surface area contributed by atoms with Gasteiger partial charge in [0.2, 0.25) is 0 Å². The number of nitrogens with zero attached hydrogens (tertiary/aromatic N) is 2. The quantitative estimate of drug-likeness (QED) is 0.905. The molecule has 1 N–H and O–H groups in total. The van der Waals surface area contributed by atoms with Crippen molar-refractivity contribution in [1.29, 1.82) is 0 Å². The van der Waals surface area contributed by atoms with Crippen LogP contribution in [0.4, 0.5) is 5.82 Å². The van der Waals surface area contributed by atoms with E-state index in [0.29, 0.717) is 5.92 Å². The lowest BCUT2D eigenvalue weighted by Gasteiger charge is -2.26. The van der Waals surface area contributed by atoms with E-state index in [4.69, 9.17) is 4.98 Å². The summed E-state index contributed by atoms with van der Waals surface area (Å²) in [6, 6.07) is 11.0. The van der Waals surface area contributed by atoms with E-state index in [2.05, 4.69) is 40.6 Å². The Morgan fingerprint density at radius 1 is 1.00 bits per heavy atom. The van der Waals surface area contributed by atoms with Crippen molar-refractivity contribution in [2.45, 2.75) is 43.9 Å². The number of rotatable bonds is 4. The summed E-state index contributed by atoms with van der Waals surface area (Å²) in [5.41, 5.74) is 3.74. The molecule has 0 bridgehead atoms. The normalized spacial score (nSPS) is 18.3. The van der Waals surface area contributed by atoms with Crippen LogP contribution in [0, 0.1) is 0 Å². The van der Waals surface area contributed by atoms with Gasteiger partial charge in [0.15, 0.2) is 0 Å². The molecule has 0 amide bonds. The summed E-state index contributed by atoms with van der Waals surface area (Å²) in [4.78, 5) is 9.41. The van der Waals surface area contributed by atoms with Crippen LogP contribution in [0.5, 0.6) is 0 Å². The Balaban J connectivity index is 1.72. The van der Waals surface area contributed by atoms with Crippen LogP contribution in [-0.2, 0) is 0 Å². The van der Waals surface area contributed by atoms with Crippen molar-refractivity contribution < 1.29 is 0 Å². The highest BCUT2D eigenvalue weighted by Gasteiger charge is 2.27. The molecule has 1 heterocycles. The van der Waals surface area contributed by atoms with Crippen molar-refractivity contribution in [2.75, 3.05) is 12.4 Å². The van der Waals surface area contributed by atoms with Crippen LogP contribution in [0.1, 0.15) is 55.3 Å². The topological polar surface area (TPSA) is 37.8 Å². The van der Waals surface area contributed by atoms with E-state index < -0.39 is 0 Å². The van der Waals surface area contributed by atoms with Crippen molar-refractivity contribution in [3.63, 3.8) is 0 Å². The molecule has 4 rings (SSSR count). The first-order valence-corrected chi connectivity index (χ1v) is 8.00. The Bertz CT molecular complexity index is 657.